The smallest absolute Gasteiger partial charge is 0.350 e. The van der Waals surface area contributed by atoms with Crippen LogP contribution in [0.5, 0.6) is 0 Å². The number of hydrogen-bond acceptors (Lipinski definition) is 7. The summed E-state index contributed by atoms with van der Waals surface area (Å²) >= 11 is 0. The van der Waals surface area contributed by atoms with E-state index >= 15 is 0 Å². The van der Waals surface area contributed by atoms with Crippen molar-refractivity contribution in [3.8, 4) is 0 Å². The maximum atomic E-state index is 13.2. The molecule has 168 valence electrons. The number of carbonyl (C=O) groups excluding carboxylic acids is 1. The van der Waals surface area contributed by atoms with Crippen LogP contribution in [0.1, 0.15) is 29.3 Å². The molecule has 1 aliphatic heterocycles. The third kappa shape index (κ3) is 4.20. The SMILES string of the molecule is Cc1nc(NCc2cnn(Cc3ccncc3C(F)(F)F)c2)nc2c1NC(=O)[C@H](C)N2C. The molecule has 0 saturated carbocycles. The Hall–Kier alpha value is -3.70. The molecule has 1 atom stereocenters. The van der Waals surface area contributed by atoms with E-state index < -0.39 is 11.7 Å². The van der Waals surface area contributed by atoms with E-state index in [2.05, 4.69) is 30.7 Å². The van der Waals surface area contributed by atoms with Gasteiger partial charge in [-0.15, -0.1) is 0 Å². The van der Waals surface area contributed by atoms with Gasteiger partial charge in [0.1, 0.15) is 11.7 Å². The molecule has 0 spiro atoms. The van der Waals surface area contributed by atoms with Crippen LogP contribution in [0.4, 0.5) is 30.6 Å². The largest absolute Gasteiger partial charge is 0.418 e. The Bertz CT molecular complexity index is 1160. The number of nitrogens with one attached hydrogen (secondary N) is 2. The van der Waals surface area contributed by atoms with Crippen molar-refractivity contribution in [1.82, 2.24) is 24.7 Å². The van der Waals surface area contributed by atoms with Gasteiger partial charge in [-0.2, -0.15) is 23.3 Å². The molecule has 12 heteroatoms. The first kappa shape index (κ1) is 21.5. The third-order valence-corrected chi connectivity index (χ3v) is 5.30. The van der Waals surface area contributed by atoms with E-state index in [1.165, 1.54) is 16.9 Å². The van der Waals surface area contributed by atoms with Gasteiger partial charge in [-0.3, -0.25) is 14.5 Å². The first-order chi connectivity index (χ1) is 15.1. The van der Waals surface area contributed by atoms with Gasteiger partial charge in [0.15, 0.2) is 5.82 Å². The number of amides is 1. The maximum absolute atomic E-state index is 13.2. The summed E-state index contributed by atoms with van der Waals surface area (Å²) < 4.78 is 40.9. The lowest BCUT2D eigenvalue weighted by Crippen LogP contribution is -2.44. The van der Waals surface area contributed by atoms with Crippen LogP contribution in [-0.4, -0.2) is 43.7 Å². The van der Waals surface area contributed by atoms with Crippen LogP contribution < -0.4 is 15.5 Å². The third-order valence-electron chi connectivity index (χ3n) is 5.30. The van der Waals surface area contributed by atoms with E-state index in [0.717, 1.165) is 11.8 Å². The molecule has 0 unspecified atom stereocenters. The van der Waals surface area contributed by atoms with Crippen molar-refractivity contribution in [2.75, 3.05) is 22.6 Å². The predicted molar refractivity (Wildman–Crippen MR) is 111 cm³/mol. The van der Waals surface area contributed by atoms with Crippen LogP contribution in [0.15, 0.2) is 30.9 Å². The molecule has 1 aliphatic rings. The number of aromatic nitrogens is 5. The van der Waals surface area contributed by atoms with Crippen molar-refractivity contribution in [3.63, 3.8) is 0 Å². The van der Waals surface area contributed by atoms with Crippen LogP contribution in [0.2, 0.25) is 0 Å². The monoisotopic (exact) mass is 446 g/mol. The Morgan fingerprint density at radius 2 is 2.03 bits per heavy atom. The first-order valence-electron chi connectivity index (χ1n) is 9.81. The van der Waals surface area contributed by atoms with Gasteiger partial charge >= 0.3 is 6.18 Å². The van der Waals surface area contributed by atoms with Crippen molar-refractivity contribution in [2.24, 2.45) is 0 Å². The number of alkyl halides is 3. The number of carbonyl (C=O) groups is 1. The molecule has 3 aromatic heterocycles. The zero-order valence-electron chi connectivity index (χ0n) is 17.6. The summed E-state index contributed by atoms with van der Waals surface area (Å²) in [6.07, 6.45) is 0.894. The fraction of sp³-hybridized carbons (Fsp3) is 0.350. The topological polar surface area (TPSA) is 101 Å². The van der Waals surface area contributed by atoms with E-state index in [-0.39, 0.29) is 24.1 Å². The van der Waals surface area contributed by atoms with Crippen molar-refractivity contribution in [2.45, 2.75) is 39.2 Å². The molecule has 3 aromatic rings. The number of anilines is 3. The summed E-state index contributed by atoms with van der Waals surface area (Å²) in [4.78, 5) is 26.3. The van der Waals surface area contributed by atoms with Crippen LogP contribution in [0.3, 0.4) is 0 Å². The summed E-state index contributed by atoms with van der Waals surface area (Å²) in [6.45, 7) is 3.85. The summed E-state index contributed by atoms with van der Waals surface area (Å²) in [5, 5.41) is 10.1. The molecule has 0 fully saturated rings. The minimum absolute atomic E-state index is 0.0335. The number of nitrogens with zero attached hydrogens (tertiary/aromatic N) is 6. The van der Waals surface area contributed by atoms with Crippen molar-refractivity contribution < 1.29 is 18.0 Å². The highest BCUT2D eigenvalue weighted by molar-refractivity contribution is 6.03. The lowest BCUT2D eigenvalue weighted by Gasteiger charge is -2.32. The van der Waals surface area contributed by atoms with Gasteiger partial charge in [0, 0.05) is 37.7 Å². The van der Waals surface area contributed by atoms with Gasteiger partial charge < -0.3 is 15.5 Å². The van der Waals surface area contributed by atoms with Gasteiger partial charge in [-0.1, -0.05) is 0 Å². The van der Waals surface area contributed by atoms with Crippen LogP contribution in [0, 0.1) is 6.92 Å². The average molecular weight is 446 g/mol. The van der Waals surface area contributed by atoms with E-state index in [1.807, 2.05) is 0 Å². The molecule has 4 rings (SSSR count). The Morgan fingerprint density at radius 1 is 1.25 bits per heavy atom. The molecule has 1 amide bonds. The number of rotatable bonds is 5. The minimum Gasteiger partial charge on any atom is -0.350 e. The number of likely N-dealkylation sites (N-methyl/N-ethyl adjacent to an activating group) is 1. The molecule has 0 bridgehead atoms. The highest BCUT2D eigenvalue weighted by Crippen LogP contribution is 2.33. The molecule has 9 nitrogen and oxygen atoms in total. The zero-order chi connectivity index (χ0) is 23.0. The summed E-state index contributed by atoms with van der Waals surface area (Å²) in [5.74, 6) is 0.862. The molecule has 4 heterocycles. The van der Waals surface area contributed by atoms with Gasteiger partial charge in [0.2, 0.25) is 11.9 Å². The first-order valence-corrected chi connectivity index (χ1v) is 9.81. The fourth-order valence-electron chi connectivity index (χ4n) is 3.38. The molecule has 0 aliphatic carbocycles. The van der Waals surface area contributed by atoms with Crippen molar-refractivity contribution in [1.29, 1.82) is 0 Å². The van der Waals surface area contributed by atoms with Crippen LogP contribution >= 0.6 is 0 Å². The van der Waals surface area contributed by atoms with Crippen LogP contribution in [-0.2, 0) is 24.1 Å². The number of aryl methyl sites for hydroxylation is 1. The van der Waals surface area contributed by atoms with E-state index in [9.17, 15) is 18.0 Å². The van der Waals surface area contributed by atoms with Crippen molar-refractivity contribution in [3.05, 3.63) is 53.2 Å². The van der Waals surface area contributed by atoms with Gasteiger partial charge in [-0.05, 0) is 25.5 Å². The molecular weight excluding hydrogens is 425 g/mol. The number of halogens is 3. The van der Waals surface area contributed by atoms with Crippen LogP contribution in [0.25, 0.3) is 0 Å². The average Bonchev–Trinajstić information content (AvgIpc) is 3.18. The van der Waals surface area contributed by atoms with Gasteiger partial charge in [0.25, 0.3) is 0 Å². The fourth-order valence-corrected chi connectivity index (χ4v) is 3.38. The molecule has 0 aromatic carbocycles. The Balaban J connectivity index is 1.47. The quantitative estimate of drug-likeness (QED) is 0.622. The lowest BCUT2D eigenvalue weighted by molar-refractivity contribution is -0.138. The molecular formula is C20H21F3N8O. The van der Waals surface area contributed by atoms with Gasteiger partial charge in [0.05, 0.1) is 24.0 Å². The zero-order valence-corrected chi connectivity index (χ0v) is 17.6. The lowest BCUT2D eigenvalue weighted by atomic mass is 10.1. The van der Waals surface area contributed by atoms with E-state index in [4.69, 9.17) is 0 Å². The second-order valence-electron chi connectivity index (χ2n) is 7.54. The van der Waals surface area contributed by atoms with Gasteiger partial charge in [-0.25, -0.2) is 4.98 Å². The number of fused-ring (bicyclic) bond motifs is 1. The van der Waals surface area contributed by atoms with E-state index in [0.29, 0.717) is 29.7 Å². The molecule has 0 radical (unpaired) electrons. The number of pyridine rings is 1. The summed E-state index contributed by atoms with van der Waals surface area (Å²) in [7, 11) is 1.79. The highest BCUT2D eigenvalue weighted by atomic mass is 19.4. The molecule has 0 saturated heterocycles. The molecule has 2 N–H and O–H groups in total. The summed E-state index contributed by atoms with van der Waals surface area (Å²) in [5.41, 5.74) is 1.26. The Morgan fingerprint density at radius 3 is 2.78 bits per heavy atom. The second-order valence-corrected chi connectivity index (χ2v) is 7.54. The molecule has 32 heavy (non-hydrogen) atoms. The minimum atomic E-state index is -4.48. The normalized spacial score (nSPS) is 16.0. The predicted octanol–water partition coefficient (Wildman–Crippen LogP) is 2.83. The standard InChI is InChI=1S/C20H21F3N8O/c1-11-16-17(30(3)12(2)18(32)28-16)29-19(27-11)25-6-13-7-26-31(9-13)10-14-4-5-24-8-15(14)20(21,22)23/h4-5,7-9,12H,6,10H2,1-3H3,(H,28,32)(H,25,27,29)/t12-/m0/s1. The Labute approximate surface area is 181 Å². The van der Waals surface area contributed by atoms with Crippen molar-refractivity contribution >= 4 is 23.4 Å². The maximum Gasteiger partial charge on any atom is 0.418 e. The highest BCUT2D eigenvalue weighted by Gasteiger charge is 2.33. The van der Waals surface area contributed by atoms with E-state index in [1.54, 1.807) is 38.2 Å². The number of hydrogen-bond donors (Lipinski definition) is 2. The Kier molecular flexibility index (Phi) is 5.45. The second kappa shape index (κ2) is 8.09. The summed E-state index contributed by atoms with van der Waals surface area (Å²) in [6, 6.07) is 0.972.